The first-order valence-electron chi connectivity index (χ1n) is 5.93. The molecule has 0 unspecified atom stereocenters. The van der Waals surface area contributed by atoms with Gasteiger partial charge in [0.15, 0.2) is 0 Å². The van der Waals surface area contributed by atoms with Crippen LogP contribution in [-0.4, -0.2) is 5.91 Å². The molecule has 0 spiro atoms. The zero-order valence-electron chi connectivity index (χ0n) is 10.3. The summed E-state index contributed by atoms with van der Waals surface area (Å²) in [6, 6.07) is 11.4. The molecule has 4 heteroatoms. The van der Waals surface area contributed by atoms with Gasteiger partial charge in [0, 0.05) is 20.7 Å². The van der Waals surface area contributed by atoms with E-state index in [0.29, 0.717) is 11.6 Å². The van der Waals surface area contributed by atoms with Gasteiger partial charge in [-0.25, -0.2) is 0 Å². The molecule has 0 saturated carbocycles. The summed E-state index contributed by atoms with van der Waals surface area (Å²) in [4.78, 5) is 14.2. The van der Waals surface area contributed by atoms with E-state index in [9.17, 15) is 4.79 Å². The highest BCUT2D eigenvalue weighted by atomic mass is 79.9. The normalized spacial score (nSPS) is 13.8. The quantitative estimate of drug-likeness (QED) is 0.747. The molecule has 1 amide bonds. The second-order valence-corrected chi connectivity index (χ2v) is 5.90. The Kier molecular flexibility index (Phi) is 3.11. The molecule has 0 radical (unpaired) electrons. The zero-order chi connectivity index (χ0) is 13.6. The van der Waals surface area contributed by atoms with E-state index in [1.807, 2.05) is 43.3 Å². The van der Waals surface area contributed by atoms with Gasteiger partial charge >= 0.3 is 0 Å². The van der Waals surface area contributed by atoms with Crippen molar-refractivity contribution in [2.45, 2.75) is 13.5 Å². The first-order valence-corrected chi connectivity index (χ1v) is 7.10. The van der Waals surface area contributed by atoms with Crippen LogP contribution in [0.2, 0.25) is 5.02 Å². The van der Waals surface area contributed by atoms with Crippen molar-refractivity contribution in [1.29, 1.82) is 0 Å². The average Bonchev–Trinajstić information content (AvgIpc) is 2.69. The van der Waals surface area contributed by atoms with E-state index in [0.717, 1.165) is 26.9 Å². The van der Waals surface area contributed by atoms with Gasteiger partial charge in [0.2, 0.25) is 0 Å². The molecular weight excluding hydrogens is 326 g/mol. The number of amides is 1. The van der Waals surface area contributed by atoms with Crippen LogP contribution in [0.25, 0.3) is 0 Å². The van der Waals surface area contributed by atoms with Gasteiger partial charge in [0.25, 0.3) is 5.91 Å². The lowest BCUT2D eigenvalue weighted by atomic mass is 10.1. The number of halogens is 2. The van der Waals surface area contributed by atoms with Crippen molar-refractivity contribution in [3.63, 3.8) is 0 Å². The van der Waals surface area contributed by atoms with Crippen LogP contribution < -0.4 is 4.90 Å². The summed E-state index contributed by atoms with van der Waals surface area (Å²) >= 11 is 9.57. The fourth-order valence-corrected chi connectivity index (χ4v) is 2.95. The Morgan fingerprint density at radius 2 is 2.05 bits per heavy atom. The van der Waals surface area contributed by atoms with Crippen molar-refractivity contribution < 1.29 is 4.79 Å². The summed E-state index contributed by atoms with van der Waals surface area (Å²) in [6.45, 7) is 2.53. The van der Waals surface area contributed by atoms with Crippen LogP contribution in [0.1, 0.15) is 21.5 Å². The van der Waals surface area contributed by atoms with E-state index in [1.165, 1.54) is 0 Å². The minimum Gasteiger partial charge on any atom is -0.304 e. The van der Waals surface area contributed by atoms with Crippen molar-refractivity contribution in [3.8, 4) is 0 Å². The molecule has 19 heavy (non-hydrogen) atoms. The number of nitrogens with zero attached hydrogens (tertiary/aromatic N) is 1. The van der Waals surface area contributed by atoms with Crippen molar-refractivity contribution in [2.75, 3.05) is 4.90 Å². The highest BCUT2D eigenvalue weighted by molar-refractivity contribution is 9.10. The molecule has 3 rings (SSSR count). The molecule has 2 nitrogen and oxygen atoms in total. The monoisotopic (exact) mass is 335 g/mol. The lowest BCUT2D eigenvalue weighted by molar-refractivity contribution is 0.0996. The lowest BCUT2D eigenvalue weighted by Crippen LogP contribution is -2.23. The predicted octanol–water partition coefficient (Wildman–Crippen LogP) is 4.57. The summed E-state index contributed by atoms with van der Waals surface area (Å²) in [6.07, 6.45) is 0. The second kappa shape index (κ2) is 4.66. The number of carbonyl (C=O) groups excluding carboxylic acids is 1. The van der Waals surface area contributed by atoms with Gasteiger partial charge in [-0.15, -0.1) is 0 Å². The summed E-state index contributed by atoms with van der Waals surface area (Å²) in [5.74, 6) is 0.0351. The lowest BCUT2D eigenvalue weighted by Gasteiger charge is -2.18. The number of fused-ring (bicyclic) bond motifs is 1. The minimum absolute atomic E-state index is 0.0351. The smallest absolute Gasteiger partial charge is 0.258 e. The Balaban J connectivity index is 2.06. The molecule has 0 aromatic heterocycles. The molecule has 1 aliphatic rings. The summed E-state index contributed by atoms with van der Waals surface area (Å²) in [7, 11) is 0. The van der Waals surface area contributed by atoms with E-state index in [4.69, 9.17) is 11.6 Å². The molecule has 0 aliphatic carbocycles. The van der Waals surface area contributed by atoms with Crippen LogP contribution in [0.3, 0.4) is 0 Å². The fraction of sp³-hybridized carbons (Fsp3) is 0.133. The molecule has 2 aromatic rings. The molecule has 96 valence electrons. The maximum Gasteiger partial charge on any atom is 0.258 e. The van der Waals surface area contributed by atoms with E-state index in [2.05, 4.69) is 15.9 Å². The minimum atomic E-state index is 0.0351. The van der Waals surface area contributed by atoms with Crippen LogP contribution in [0.4, 0.5) is 5.69 Å². The van der Waals surface area contributed by atoms with Gasteiger partial charge in [-0.05, 0) is 48.4 Å². The molecule has 0 saturated heterocycles. The number of anilines is 1. The third-order valence-corrected chi connectivity index (χ3v) is 4.30. The molecular formula is C15H11BrClNO. The topological polar surface area (TPSA) is 20.3 Å². The van der Waals surface area contributed by atoms with Crippen molar-refractivity contribution in [3.05, 3.63) is 62.6 Å². The second-order valence-electron chi connectivity index (χ2n) is 4.58. The van der Waals surface area contributed by atoms with Gasteiger partial charge in [-0.3, -0.25) is 4.79 Å². The highest BCUT2D eigenvalue weighted by Crippen LogP contribution is 2.34. The Bertz CT molecular complexity index is 684. The standard InChI is InChI=1S/C15H11BrClNO/c1-9-13(17)3-2-4-14(9)18-8-10-7-11(16)5-6-12(10)15(18)19/h2-7H,8H2,1H3. The van der Waals surface area contributed by atoms with Crippen LogP contribution >= 0.6 is 27.5 Å². The summed E-state index contributed by atoms with van der Waals surface area (Å²) < 4.78 is 0.990. The summed E-state index contributed by atoms with van der Waals surface area (Å²) in [5.41, 5.74) is 3.62. The molecule has 0 N–H and O–H groups in total. The highest BCUT2D eigenvalue weighted by Gasteiger charge is 2.29. The van der Waals surface area contributed by atoms with E-state index in [-0.39, 0.29) is 5.91 Å². The molecule has 0 fully saturated rings. The number of benzene rings is 2. The predicted molar refractivity (Wildman–Crippen MR) is 80.8 cm³/mol. The van der Waals surface area contributed by atoms with Crippen LogP contribution in [0.15, 0.2) is 40.9 Å². The van der Waals surface area contributed by atoms with Crippen molar-refractivity contribution >= 4 is 39.1 Å². The number of rotatable bonds is 1. The Morgan fingerprint density at radius 1 is 1.26 bits per heavy atom. The maximum atomic E-state index is 12.4. The Morgan fingerprint density at radius 3 is 2.84 bits per heavy atom. The van der Waals surface area contributed by atoms with Crippen LogP contribution in [0.5, 0.6) is 0 Å². The first kappa shape index (κ1) is 12.7. The Labute approximate surface area is 125 Å². The maximum absolute atomic E-state index is 12.4. The van der Waals surface area contributed by atoms with Gasteiger partial charge in [0.1, 0.15) is 0 Å². The molecule has 1 aliphatic heterocycles. The summed E-state index contributed by atoms with van der Waals surface area (Å²) in [5, 5.41) is 0.683. The third-order valence-electron chi connectivity index (χ3n) is 3.40. The fourth-order valence-electron chi connectivity index (χ4n) is 2.37. The van der Waals surface area contributed by atoms with Crippen molar-refractivity contribution in [2.24, 2.45) is 0 Å². The SMILES string of the molecule is Cc1c(Cl)cccc1N1Cc2cc(Br)ccc2C1=O. The van der Waals surface area contributed by atoms with Crippen molar-refractivity contribution in [1.82, 2.24) is 0 Å². The van der Waals surface area contributed by atoms with E-state index < -0.39 is 0 Å². The zero-order valence-corrected chi connectivity index (χ0v) is 12.6. The molecule has 2 aromatic carbocycles. The number of hydrogen-bond acceptors (Lipinski definition) is 1. The van der Waals surface area contributed by atoms with Gasteiger partial charge in [0.05, 0.1) is 6.54 Å². The molecule has 1 heterocycles. The first-order chi connectivity index (χ1) is 9.08. The van der Waals surface area contributed by atoms with Crippen LogP contribution in [0, 0.1) is 6.92 Å². The van der Waals surface area contributed by atoms with Gasteiger partial charge in [-0.2, -0.15) is 0 Å². The Hall–Kier alpha value is -1.32. The third kappa shape index (κ3) is 2.07. The van der Waals surface area contributed by atoms with E-state index >= 15 is 0 Å². The number of carbonyl (C=O) groups is 1. The van der Waals surface area contributed by atoms with E-state index in [1.54, 1.807) is 4.90 Å². The van der Waals surface area contributed by atoms with Crippen LogP contribution in [-0.2, 0) is 6.54 Å². The largest absolute Gasteiger partial charge is 0.304 e. The van der Waals surface area contributed by atoms with Gasteiger partial charge in [-0.1, -0.05) is 33.6 Å². The molecule has 0 atom stereocenters. The average molecular weight is 337 g/mol. The van der Waals surface area contributed by atoms with Gasteiger partial charge < -0.3 is 4.90 Å². The number of hydrogen-bond donors (Lipinski definition) is 0. The molecule has 0 bridgehead atoms.